The molecular weight excluding hydrogens is 300 g/mol. The van der Waals surface area contributed by atoms with Crippen molar-refractivity contribution < 1.29 is 9.53 Å². The Morgan fingerprint density at radius 2 is 2.32 bits per heavy atom. The monoisotopic (exact) mass is 318 g/mol. The van der Waals surface area contributed by atoms with Gasteiger partial charge in [0.15, 0.2) is 11.6 Å². The van der Waals surface area contributed by atoms with Crippen molar-refractivity contribution in [1.82, 2.24) is 14.9 Å². The zero-order valence-electron chi connectivity index (χ0n) is 12.6. The number of hydrogen-bond acceptors (Lipinski definition) is 6. The van der Waals surface area contributed by atoms with Crippen LogP contribution < -0.4 is 9.64 Å². The van der Waals surface area contributed by atoms with Crippen LogP contribution in [0.15, 0.2) is 29.2 Å². The topological polar surface area (TPSA) is 58.6 Å². The lowest BCUT2D eigenvalue weighted by Crippen LogP contribution is -2.31. The number of rotatable bonds is 4. The molecule has 116 valence electrons. The zero-order chi connectivity index (χ0) is 15.5. The van der Waals surface area contributed by atoms with Crippen molar-refractivity contribution in [1.29, 1.82) is 0 Å². The van der Waals surface area contributed by atoms with Gasteiger partial charge in [-0.25, -0.2) is 9.97 Å². The lowest BCUT2D eigenvalue weighted by molar-refractivity contribution is 0.0767. The number of hydrogen-bond donors (Lipinski definition) is 0. The van der Waals surface area contributed by atoms with Crippen LogP contribution in [0.1, 0.15) is 16.9 Å². The molecule has 6 nitrogen and oxygen atoms in total. The van der Waals surface area contributed by atoms with Crippen molar-refractivity contribution in [2.45, 2.75) is 12.5 Å². The largest absolute Gasteiger partial charge is 0.485 e. The summed E-state index contributed by atoms with van der Waals surface area (Å²) >= 11 is 1.43. The van der Waals surface area contributed by atoms with Crippen molar-refractivity contribution in [3.8, 4) is 5.75 Å². The van der Waals surface area contributed by atoms with Crippen LogP contribution in [0.4, 0.5) is 5.82 Å². The lowest BCUT2D eigenvalue weighted by atomic mass is 10.3. The Kier molecular flexibility index (Phi) is 4.24. The molecule has 0 radical (unpaired) electrons. The summed E-state index contributed by atoms with van der Waals surface area (Å²) < 4.78 is 6.05. The predicted octanol–water partition coefficient (Wildman–Crippen LogP) is 1.90. The molecule has 1 amide bonds. The first kappa shape index (κ1) is 14.8. The van der Waals surface area contributed by atoms with Crippen molar-refractivity contribution >= 4 is 23.1 Å². The van der Waals surface area contributed by atoms with Crippen LogP contribution >= 0.6 is 11.3 Å². The summed E-state index contributed by atoms with van der Waals surface area (Å²) in [5.41, 5.74) is 2.19. The Bertz CT molecular complexity index is 645. The third-order valence-electron chi connectivity index (χ3n) is 3.55. The van der Waals surface area contributed by atoms with E-state index in [-0.39, 0.29) is 12.0 Å². The minimum Gasteiger partial charge on any atom is -0.485 e. The van der Waals surface area contributed by atoms with E-state index in [0.29, 0.717) is 18.8 Å². The van der Waals surface area contributed by atoms with E-state index in [1.165, 1.54) is 11.3 Å². The summed E-state index contributed by atoms with van der Waals surface area (Å²) in [7, 11) is 3.86. The Hall–Kier alpha value is -2.15. The van der Waals surface area contributed by atoms with E-state index >= 15 is 0 Å². The smallest absolute Gasteiger partial charge is 0.273 e. The third-order valence-corrected chi connectivity index (χ3v) is 4.14. The van der Waals surface area contributed by atoms with E-state index in [2.05, 4.69) is 9.97 Å². The van der Waals surface area contributed by atoms with E-state index in [9.17, 15) is 4.79 Å². The molecular formula is C15H18N4O2S. The molecule has 2 aromatic heterocycles. The van der Waals surface area contributed by atoms with Gasteiger partial charge in [-0.3, -0.25) is 4.79 Å². The minimum atomic E-state index is -0.0219. The summed E-state index contributed by atoms with van der Waals surface area (Å²) in [5, 5.41) is 1.78. The highest BCUT2D eigenvalue weighted by Gasteiger charge is 2.29. The molecule has 0 bridgehead atoms. The molecule has 2 aromatic rings. The number of amides is 1. The van der Waals surface area contributed by atoms with Crippen LogP contribution in [0.5, 0.6) is 5.75 Å². The zero-order valence-corrected chi connectivity index (χ0v) is 13.4. The van der Waals surface area contributed by atoms with Gasteiger partial charge in [-0.1, -0.05) is 0 Å². The molecule has 0 saturated carbocycles. The van der Waals surface area contributed by atoms with Crippen molar-refractivity contribution in [3.05, 3.63) is 34.9 Å². The molecule has 1 aliphatic heterocycles. The standard InChI is InChI=1S/C15H18N4O2S/c1-18(2)14-13(4-3-6-16-14)21-11-5-7-19(8-11)15(20)12-9-22-10-17-12/h3-4,6,9-11H,5,7-8H2,1-2H3. The first-order valence-corrected chi connectivity index (χ1v) is 8.06. The summed E-state index contributed by atoms with van der Waals surface area (Å²) in [6.45, 7) is 1.27. The average Bonchev–Trinajstić information content (AvgIpc) is 3.18. The second kappa shape index (κ2) is 6.31. The molecule has 1 aliphatic rings. The molecule has 22 heavy (non-hydrogen) atoms. The molecule has 1 fully saturated rings. The Morgan fingerprint density at radius 1 is 1.45 bits per heavy atom. The number of carbonyl (C=O) groups excluding carboxylic acids is 1. The summed E-state index contributed by atoms with van der Waals surface area (Å²) in [4.78, 5) is 24.4. The highest BCUT2D eigenvalue weighted by Crippen LogP contribution is 2.27. The van der Waals surface area contributed by atoms with Gasteiger partial charge in [0.2, 0.25) is 0 Å². The van der Waals surface area contributed by atoms with E-state index in [0.717, 1.165) is 18.0 Å². The van der Waals surface area contributed by atoms with Crippen LogP contribution in [-0.4, -0.2) is 54.1 Å². The SMILES string of the molecule is CN(C)c1ncccc1OC1CCN(C(=O)c2cscn2)C1. The van der Waals surface area contributed by atoms with Crippen LogP contribution in [0.2, 0.25) is 0 Å². The second-order valence-corrected chi connectivity index (χ2v) is 6.09. The first-order chi connectivity index (χ1) is 10.6. The molecule has 1 unspecified atom stereocenters. The van der Waals surface area contributed by atoms with Crippen LogP contribution in [0.25, 0.3) is 0 Å². The van der Waals surface area contributed by atoms with E-state index in [1.54, 1.807) is 22.0 Å². The van der Waals surface area contributed by atoms with E-state index in [1.807, 2.05) is 31.1 Å². The maximum Gasteiger partial charge on any atom is 0.273 e. The first-order valence-electron chi connectivity index (χ1n) is 7.11. The Labute approximate surface area is 133 Å². The highest BCUT2D eigenvalue weighted by molar-refractivity contribution is 7.07. The van der Waals surface area contributed by atoms with Crippen molar-refractivity contribution in [3.63, 3.8) is 0 Å². The summed E-state index contributed by atoms with van der Waals surface area (Å²) in [5.74, 6) is 1.53. The van der Waals surface area contributed by atoms with Gasteiger partial charge >= 0.3 is 0 Å². The fraction of sp³-hybridized carbons (Fsp3) is 0.400. The second-order valence-electron chi connectivity index (χ2n) is 5.37. The van der Waals surface area contributed by atoms with Gasteiger partial charge in [0.1, 0.15) is 11.8 Å². The predicted molar refractivity (Wildman–Crippen MR) is 85.6 cm³/mol. The van der Waals surface area contributed by atoms with Gasteiger partial charge in [-0.2, -0.15) is 0 Å². The Morgan fingerprint density at radius 3 is 3.05 bits per heavy atom. The fourth-order valence-electron chi connectivity index (χ4n) is 2.48. The molecule has 1 saturated heterocycles. The lowest BCUT2D eigenvalue weighted by Gasteiger charge is -2.20. The van der Waals surface area contributed by atoms with Crippen LogP contribution in [-0.2, 0) is 0 Å². The number of likely N-dealkylation sites (tertiary alicyclic amines) is 1. The third kappa shape index (κ3) is 3.04. The summed E-state index contributed by atoms with van der Waals surface area (Å²) in [6, 6.07) is 3.77. The molecule has 0 N–H and O–H groups in total. The molecule has 0 aliphatic carbocycles. The summed E-state index contributed by atoms with van der Waals surface area (Å²) in [6.07, 6.45) is 2.55. The quantitative estimate of drug-likeness (QED) is 0.862. The molecule has 0 spiro atoms. The number of thiazole rings is 1. The van der Waals surface area contributed by atoms with Crippen molar-refractivity contribution in [2.75, 3.05) is 32.1 Å². The molecule has 3 rings (SSSR count). The van der Waals surface area contributed by atoms with Gasteiger partial charge in [0.05, 0.1) is 12.1 Å². The Balaban J connectivity index is 1.65. The van der Waals surface area contributed by atoms with E-state index < -0.39 is 0 Å². The number of carbonyl (C=O) groups is 1. The van der Waals surface area contributed by atoms with Crippen LogP contribution in [0.3, 0.4) is 0 Å². The van der Waals surface area contributed by atoms with Crippen LogP contribution in [0, 0.1) is 0 Å². The normalized spacial score (nSPS) is 17.5. The average molecular weight is 318 g/mol. The fourth-order valence-corrected chi connectivity index (χ4v) is 3.00. The number of pyridine rings is 1. The van der Waals surface area contributed by atoms with Gasteiger partial charge in [-0.15, -0.1) is 11.3 Å². The van der Waals surface area contributed by atoms with Gasteiger partial charge < -0.3 is 14.5 Å². The molecule has 1 atom stereocenters. The highest BCUT2D eigenvalue weighted by atomic mass is 32.1. The maximum absolute atomic E-state index is 12.3. The van der Waals surface area contributed by atoms with Gasteiger partial charge in [0.25, 0.3) is 5.91 Å². The minimum absolute atomic E-state index is 0.00881. The van der Waals surface area contributed by atoms with Gasteiger partial charge in [0, 0.05) is 38.6 Å². The molecule has 7 heteroatoms. The molecule has 3 heterocycles. The maximum atomic E-state index is 12.3. The molecule has 0 aromatic carbocycles. The number of aromatic nitrogens is 2. The number of anilines is 1. The van der Waals surface area contributed by atoms with E-state index in [4.69, 9.17) is 4.74 Å². The van der Waals surface area contributed by atoms with Gasteiger partial charge in [-0.05, 0) is 12.1 Å². The van der Waals surface area contributed by atoms with Crippen molar-refractivity contribution in [2.24, 2.45) is 0 Å². The number of nitrogens with zero attached hydrogens (tertiary/aromatic N) is 4. The number of ether oxygens (including phenoxy) is 1.